The first-order chi connectivity index (χ1) is 10.2. The van der Waals surface area contributed by atoms with Gasteiger partial charge in [0.2, 0.25) is 0 Å². The minimum atomic E-state index is 0.255. The Balaban J connectivity index is 0.000000312. The van der Waals surface area contributed by atoms with E-state index in [2.05, 4.69) is 47.9 Å². The third kappa shape index (κ3) is 15.0. The van der Waals surface area contributed by atoms with Gasteiger partial charge in [0.25, 0.3) is 0 Å². The van der Waals surface area contributed by atoms with Crippen molar-refractivity contribution in [1.82, 2.24) is 10.6 Å². The summed E-state index contributed by atoms with van der Waals surface area (Å²) in [5.74, 6) is 0.255. The molecule has 0 amide bonds. The molecule has 1 aromatic carbocycles. The average molecular weight is 292 g/mol. The highest BCUT2D eigenvalue weighted by atomic mass is 16.1. The third-order valence-electron chi connectivity index (χ3n) is 3.12. The highest BCUT2D eigenvalue weighted by Crippen LogP contribution is 2.03. The number of Topliss-reactive ketones (excluding diaryl/α,β-unsaturated/α-hetero) is 1. The van der Waals surface area contributed by atoms with E-state index in [1.54, 1.807) is 6.92 Å². The first kappa shape index (κ1) is 19.8. The van der Waals surface area contributed by atoms with Crippen LogP contribution in [-0.2, 0) is 11.2 Å². The van der Waals surface area contributed by atoms with Gasteiger partial charge < -0.3 is 15.4 Å². The van der Waals surface area contributed by atoms with Gasteiger partial charge in [-0.1, -0.05) is 50.6 Å². The molecule has 0 radical (unpaired) electrons. The minimum Gasteiger partial charge on any atom is -0.314 e. The van der Waals surface area contributed by atoms with E-state index in [9.17, 15) is 4.79 Å². The zero-order valence-electron chi connectivity index (χ0n) is 14.0. The molecule has 2 rings (SSSR count). The summed E-state index contributed by atoms with van der Waals surface area (Å²) in [6.07, 6.45) is 4.50. The Bertz CT molecular complexity index is 323. The van der Waals surface area contributed by atoms with E-state index in [1.165, 1.54) is 24.8 Å². The molecule has 0 aromatic heterocycles. The number of ketones is 1. The fraction of sp³-hybridized carbons (Fsp3) is 0.611. The Hall–Kier alpha value is -1.19. The maximum atomic E-state index is 9.81. The lowest BCUT2D eigenvalue weighted by Crippen LogP contribution is -2.39. The summed E-state index contributed by atoms with van der Waals surface area (Å²) in [6, 6.07) is 10.6. The van der Waals surface area contributed by atoms with Crippen LogP contribution in [0.3, 0.4) is 0 Å². The molecule has 0 atom stereocenters. The normalized spacial score (nSPS) is 13.3. The van der Waals surface area contributed by atoms with Crippen LogP contribution >= 0.6 is 0 Å². The van der Waals surface area contributed by atoms with Crippen LogP contribution in [0.5, 0.6) is 0 Å². The Kier molecular flexibility index (Phi) is 14.3. The molecule has 3 nitrogen and oxygen atoms in total. The number of rotatable bonds is 4. The SMILES string of the molecule is C1CNCCN1.CCC(C)=O.CCCCc1ccccc1. The second kappa shape index (κ2) is 15.2. The van der Waals surface area contributed by atoms with Crippen molar-refractivity contribution >= 4 is 5.78 Å². The largest absolute Gasteiger partial charge is 0.314 e. The molecule has 0 aliphatic carbocycles. The number of nitrogens with one attached hydrogen (secondary N) is 2. The summed E-state index contributed by atoms with van der Waals surface area (Å²) in [5, 5.41) is 6.44. The van der Waals surface area contributed by atoms with Crippen LogP contribution in [0.4, 0.5) is 0 Å². The number of piperazine rings is 1. The molecule has 1 aromatic rings. The van der Waals surface area contributed by atoms with Crippen molar-refractivity contribution in [1.29, 1.82) is 0 Å². The summed E-state index contributed by atoms with van der Waals surface area (Å²) < 4.78 is 0. The standard InChI is InChI=1S/C10H14.C4H10N2.C4H8O/c1-2-3-7-10-8-5-4-6-9-10;1-2-6-4-3-5-1;1-3-4(2)5/h4-6,8-9H,2-3,7H2,1H3;5-6H,1-4H2;3H2,1-2H3. The van der Waals surface area contributed by atoms with Crippen molar-refractivity contribution < 1.29 is 4.79 Å². The fourth-order valence-electron chi connectivity index (χ4n) is 1.63. The second-order valence-electron chi connectivity index (χ2n) is 5.14. The molecule has 1 aliphatic rings. The number of benzene rings is 1. The van der Waals surface area contributed by atoms with Gasteiger partial charge in [0, 0.05) is 32.6 Å². The second-order valence-corrected chi connectivity index (χ2v) is 5.14. The van der Waals surface area contributed by atoms with Gasteiger partial charge in [-0.25, -0.2) is 0 Å². The van der Waals surface area contributed by atoms with Gasteiger partial charge in [0.05, 0.1) is 0 Å². The lowest BCUT2D eigenvalue weighted by Gasteiger charge is -2.11. The Morgan fingerprint density at radius 1 is 1.00 bits per heavy atom. The Labute approximate surface area is 130 Å². The molecule has 0 bridgehead atoms. The van der Waals surface area contributed by atoms with Crippen LogP contribution in [-0.4, -0.2) is 32.0 Å². The lowest BCUT2D eigenvalue weighted by molar-refractivity contribution is -0.116. The van der Waals surface area contributed by atoms with E-state index in [0.29, 0.717) is 6.42 Å². The molecular formula is C18H32N2O. The van der Waals surface area contributed by atoms with E-state index < -0.39 is 0 Å². The molecular weight excluding hydrogens is 260 g/mol. The van der Waals surface area contributed by atoms with Crippen molar-refractivity contribution in [3.8, 4) is 0 Å². The average Bonchev–Trinajstić information content (AvgIpc) is 2.56. The van der Waals surface area contributed by atoms with E-state index >= 15 is 0 Å². The highest BCUT2D eigenvalue weighted by molar-refractivity contribution is 5.74. The monoisotopic (exact) mass is 292 g/mol. The molecule has 3 heteroatoms. The van der Waals surface area contributed by atoms with E-state index in [1.807, 2.05) is 6.92 Å². The van der Waals surface area contributed by atoms with Crippen LogP contribution in [0.1, 0.15) is 45.6 Å². The first-order valence-corrected chi connectivity index (χ1v) is 8.15. The van der Waals surface area contributed by atoms with Gasteiger partial charge in [0.15, 0.2) is 0 Å². The van der Waals surface area contributed by atoms with Crippen LogP contribution in [0.25, 0.3) is 0 Å². The number of carbonyl (C=O) groups is 1. The zero-order valence-corrected chi connectivity index (χ0v) is 14.0. The summed E-state index contributed by atoms with van der Waals surface area (Å²) in [6.45, 7) is 10.2. The van der Waals surface area contributed by atoms with E-state index in [0.717, 1.165) is 26.2 Å². The molecule has 120 valence electrons. The summed E-state index contributed by atoms with van der Waals surface area (Å²) in [7, 11) is 0. The zero-order chi connectivity index (χ0) is 15.8. The molecule has 1 saturated heterocycles. The van der Waals surface area contributed by atoms with Crippen molar-refractivity contribution in [3.63, 3.8) is 0 Å². The first-order valence-electron chi connectivity index (χ1n) is 8.15. The fourth-order valence-corrected chi connectivity index (χ4v) is 1.63. The third-order valence-corrected chi connectivity index (χ3v) is 3.12. The Morgan fingerprint density at radius 3 is 1.81 bits per heavy atom. The Morgan fingerprint density at radius 2 is 1.48 bits per heavy atom. The van der Waals surface area contributed by atoms with Gasteiger partial charge in [-0.15, -0.1) is 0 Å². The number of unbranched alkanes of at least 4 members (excludes halogenated alkanes) is 1. The number of hydrogen-bond acceptors (Lipinski definition) is 3. The quantitative estimate of drug-likeness (QED) is 0.895. The van der Waals surface area contributed by atoms with E-state index in [-0.39, 0.29) is 5.78 Å². The van der Waals surface area contributed by atoms with Crippen LogP contribution in [0.15, 0.2) is 30.3 Å². The number of carbonyl (C=O) groups excluding carboxylic acids is 1. The number of hydrogen-bond donors (Lipinski definition) is 2. The maximum absolute atomic E-state index is 9.81. The van der Waals surface area contributed by atoms with E-state index in [4.69, 9.17) is 0 Å². The van der Waals surface area contributed by atoms with Crippen LogP contribution in [0, 0.1) is 0 Å². The van der Waals surface area contributed by atoms with Gasteiger partial charge in [-0.2, -0.15) is 0 Å². The lowest BCUT2D eigenvalue weighted by atomic mass is 10.1. The molecule has 21 heavy (non-hydrogen) atoms. The molecule has 0 unspecified atom stereocenters. The van der Waals surface area contributed by atoms with Gasteiger partial charge in [0.1, 0.15) is 5.78 Å². The smallest absolute Gasteiger partial charge is 0.129 e. The maximum Gasteiger partial charge on any atom is 0.129 e. The molecule has 0 saturated carbocycles. The predicted octanol–water partition coefficient (Wildman–Crippen LogP) is 3.19. The van der Waals surface area contributed by atoms with Gasteiger partial charge in [-0.05, 0) is 25.3 Å². The van der Waals surface area contributed by atoms with Crippen LogP contribution < -0.4 is 10.6 Å². The van der Waals surface area contributed by atoms with Gasteiger partial charge in [-0.3, -0.25) is 0 Å². The molecule has 2 N–H and O–H groups in total. The van der Waals surface area contributed by atoms with Crippen molar-refractivity contribution in [2.24, 2.45) is 0 Å². The van der Waals surface area contributed by atoms with Gasteiger partial charge >= 0.3 is 0 Å². The van der Waals surface area contributed by atoms with Crippen molar-refractivity contribution in [2.75, 3.05) is 26.2 Å². The number of aryl methyl sites for hydroxylation is 1. The molecule has 1 fully saturated rings. The highest BCUT2D eigenvalue weighted by Gasteiger charge is 1.91. The minimum absolute atomic E-state index is 0.255. The molecule has 0 spiro atoms. The summed E-state index contributed by atoms with van der Waals surface area (Å²) >= 11 is 0. The van der Waals surface area contributed by atoms with Crippen molar-refractivity contribution in [3.05, 3.63) is 35.9 Å². The summed E-state index contributed by atoms with van der Waals surface area (Å²) in [5.41, 5.74) is 1.46. The predicted molar refractivity (Wildman–Crippen MR) is 91.8 cm³/mol. The topological polar surface area (TPSA) is 41.1 Å². The molecule has 1 heterocycles. The molecule has 1 aliphatic heterocycles. The van der Waals surface area contributed by atoms with Crippen LogP contribution in [0.2, 0.25) is 0 Å². The van der Waals surface area contributed by atoms with Crippen molar-refractivity contribution in [2.45, 2.75) is 46.5 Å². The summed E-state index contributed by atoms with van der Waals surface area (Å²) in [4.78, 5) is 9.81.